The van der Waals surface area contributed by atoms with Gasteiger partial charge in [0.1, 0.15) is 0 Å². The molecule has 0 aromatic heterocycles. The first-order chi connectivity index (χ1) is 10.9. The van der Waals surface area contributed by atoms with Crippen molar-refractivity contribution in [3.8, 4) is 0 Å². The van der Waals surface area contributed by atoms with Gasteiger partial charge in [0.15, 0.2) is 9.84 Å². The SMILES string of the molecule is CC1(C)C=C(c2ccccc2)C1CCS(=O)(=O)c1ccccc1. The van der Waals surface area contributed by atoms with Gasteiger partial charge in [-0.1, -0.05) is 68.5 Å². The van der Waals surface area contributed by atoms with Gasteiger partial charge in [0.2, 0.25) is 0 Å². The summed E-state index contributed by atoms with van der Waals surface area (Å²) in [6.45, 7) is 4.36. The lowest BCUT2D eigenvalue weighted by molar-refractivity contribution is 0.307. The molecule has 1 aliphatic carbocycles. The van der Waals surface area contributed by atoms with Gasteiger partial charge in [0.05, 0.1) is 10.6 Å². The molecule has 0 saturated carbocycles. The predicted molar refractivity (Wildman–Crippen MR) is 94.8 cm³/mol. The Bertz CT molecular complexity index is 803. The van der Waals surface area contributed by atoms with E-state index in [-0.39, 0.29) is 17.1 Å². The Balaban J connectivity index is 1.77. The third-order valence-electron chi connectivity index (χ3n) is 4.69. The summed E-state index contributed by atoms with van der Waals surface area (Å²) in [7, 11) is -3.21. The van der Waals surface area contributed by atoms with E-state index in [1.54, 1.807) is 24.3 Å². The van der Waals surface area contributed by atoms with Crippen LogP contribution in [0.25, 0.3) is 5.57 Å². The van der Waals surface area contributed by atoms with Crippen LogP contribution in [0, 0.1) is 11.3 Å². The molecule has 120 valence electrons. The number of benzene rings is 2. The van der Waals surface area contributed by atoms with E-state index < -0.39 is 9.84 Å². The summed E-state index contributed by atoms with van der Waals surface area (Å²) in [6, 6.07) is 19.0. The third-order valence-corrected chi connectivity index (χ3v) is 6.45. The Morgan fingerprint density at radius 2 is 1.48 bits per heavy atom. The summed E-state index contributed by atoms with van der Waals surface area (Å²) in [5, 5.41) is 0. The standard InChI is InChI=1S/C20H22O2S/c1-20(2)15-18(16-9-5-3-6-10-16)19(20)13-14-23(21,22)17-11-7-4-8-12-17/h3-12,15,19H,13-14H2,1-2H3. The molecule has 0 radical (unpaired) electrons. The van der Waals surface area contributed by atoms with Crippen molar-refractivity contribution in [1.29, 1.82) is 0 Å². The van der Waals surface area contributed by atoms with Crippen molar-refractivity contribution in [3.05, 3.63) is 72.3 Å². The topological polar surface area (TPSA) is 34.1 Å². The van der Waals surface area contributed by atoms with Crippen LogP contribution in [0.4, 0.5) is 0 Å². The lowest BCUT2D eigenvalue weighted by Crippen LogP contribution is -2.33. The molecule has 3 rings (SSSR count). The Hall–Kier alpha value is -1.87. The molecule has 1 atom stereocenters. The van der Waals surface area contributed by atoms with E-state index in [0.717, 1.165) is 0 Å². The van der Waals surface area contributed by atoms with E-state index in [9.17, 15) is 8.42 Å². The van der Waals surface area contributed by atoms with Crippen LogP contribution in [0.3, 0.4) is 0 Å². The number of hydrogen-bond acceptors (Lipinski definition) is 2. The molecule has 2 aromatic carbocycles. The van der Waals surface area contributed by atoms with Crippen molar-refractivity contribution in [1.82, 2.24) is 0 Å². The lowest BCUT2D eigenvalue weighted by Gasteiger charge is -2.43. The van der Waals surface area contributed by atoms with Crippen LogP contribution < -0.4 is 0 Å². The van der Waals surface area contributed by atoms with Crippen LogP contribution in [0.2, 0.25) is 0 Å². The zero-order valence-corrected chi connectivity index (χ0v) is 14.4. The van der Waals surface area contributed by atoms with Crippen molar-refractivity contribution < 1.29 is 8.42 Å². The molecule has 23 heavy (non-hydrogen) atoms. The monoisotopic (exact) mass is 326 g/mol. The van der Waals surface area contributed by atoms with Crippen LogP contribution in [0.1, 0.15) is 25.8 Å². The van der Waals surface area contributed by atoms with E-state index in [1.165, 1.54) is 11.1 Å². The molecule has 0 heterocycles. The minimum Gasteiger partial charge on any atom is -0.224 e. The van der Waals surface area contributed by atoms with Gasteiger partial charge in [-0.3, -0.25) is 0 Å². The van der Waals surface area contributed by atoms with E-state index >= 15 is 0 Å². The van der Waals surface area contributed by atoms with Gasteiger partial charge in [-0.05, 0) is 41.0 Å². The summed E-state index contributed by atoms with van der Waals surface area (Å²) >= 11 is 0. The second-order valence-electron chi connectivity index (χ2n) is 6.76. The van der Waals surface area contributed by atoms with Gasteiger partial charge in [-0.25, -0.2) is 8.42 Å². The van der Waals surface area contributed by atoms with Crippen LogP contribution in [-0.2, 0) is 9.84 Å². The molecule has 0 spiro atoms. The van der Waals surface area contributed by atoms with Crippen molar-refractivity contribution in [2.45, 2.75) is 25.2 Å². The van der Waals surface area contributed by atoms with Gasteiger partial charge < -0.3 is 0 Å². The highest BCUT2D eigenvalue weighted by molar-refractivity contribution is 7.91. The highest BCUT2D eigenvalue weighted by Crippen LogP contribution is 2.51. The molecule has 0 fully saturated rings. The Morgan fingerprint density at radius 1 is 0.913 bits per heavy atom. The second kappa shape index (κ2) is 5.97. The highest BCUT2D eigenvalue weighted by Gasteiger charge is 2.40. The fourth-order valence-corrected chi connectivity index (χ4v) is 4.72. The summed E-state index contributed by atoms with van der Waals surface area (Å²) in [5.74, 6) is 0.471. The Morgan fingerprint density at radius 3 is 2.04 bits per heavy atom. The summed E-state index contributed by atoms with van der Waals surface area (Å²) in [5.41, 5.74) is 2.53. The van der Waals surface area contributed by atoms with Crippen LogP contribution >= 0.6 is 0 Å². The van der Waals surface area contributed by atoms with Gasteiger partial charge in [-0.2, -0.15) is 0 Å². The molecule has 2 nitrogen and oxygen atoms in total. The molecule has 0 amide bonds. The normalized spacial score (nSPS) is 19.7. The maximum Gasteiger partial charge on any atom is 0.178 e. The Labute approximate surface area is 138 Å². The first-order valence-electron chi connectivity index (χ1n) is 7.96. The molecular formula is C20H22O2S. The quantitative estimate of drug-likeness (QED) is 0.805. The number of rotatable bonds is 5. The van der Waals surface area contributed by atoms with Crippen molar-refractivity contribution >= 4 is 15.4 Å². The maximum atomic E-state index is 12.5. The van der Waals surface area contributed by atoms with E-state index in [4.69, 9.17) is 0 Å². The van der Waals surface area contributed by atoms with Crippen LogP contribution in [0.15, 0.2) is 71.6 Å². The minimum absolute atomic E-state index is 0.0530. The largest absolute Gasteiger partial charge is 0.224 e. The van der Waals surface area contributed by atoms with Gasteiger partial charge in [-0.15, -0.1) is 0 Å². The molecule has 1 unspecified atom stereocenters. The second-order valence-corrected chi connectivity index (χ2v) is 8.87. The van der Waals surface area contributed by atoms with Crippen molar-refractivity contribution in [2.75, 3.05) is 5.75 Å². The smallest absolute Gasteiger partial charge is 0.178 e. The zero-order chi connectivity index (χ0) is 16.5. The number of sulfone groups is 1. The molecule has 0 N–H and O–H groups in total. The predicted octanol–water partition coefficient (Wildman–Crippen LogP) is 4.59. The van der Waals surface area contributed by atoms with E-state index in [2.05, 4.69) is 32.1 Å². The average Bonchev–Trinajstić information content (AvgIpc) is 2.54. The van der Waals surface area contributed by atoms with Crippen molar-refractivity contribution in [3.63, 3.8) is 0 Å². The molecular weight excluding hydrogens is 304 g/mol. The molecule has 0 bridgehead atoms. The first-order valence-corrected chi connectivity index (χ1v) is 9.61. The van der Waals surface area contributed by atoms with Crippen molar-refractivity contribution in [2.24, 2.45) is 11.3 Å². The minimum atomic E-state index is -3.21. The van der Waals surface area contributed by atoms with Gasteiger partial charge >= 0.3 is 0 Å². The molecule has 3 heteroatoms. The summed E-state index contributed by atoms with van der Waals surface area (Å²) < 4.78 is 25.0. The van der Waals surface area contributed by atoms with Crippen LogP contribution in [0.5, 0.6) is 0 Å². The molecule has 1 aliphatic rings. The fourth-order valence-electron chi connectivity index (χ4n) is 3.37. The first kappa shape index (κ1) is 16.0. The lowest BCUT2D eigenvalue weighted by atomic mass is 9.61. The number of hydrogen-bond donors (Lipinski definition) is 0. The molecule has 0 aliphatic heterocycles. The third kappa shape index (κ3) is 3.25. The highest BCUT2D eigenvalue weighted by atomic mass is 32.2. The van der Waals surface area contributed by atoms with E-state index in [0.29, 0.717) is 11.3 Å². The average molecular weight is 326 g/mol. The van der Waals surface area contributed by atoms with Gasteiger partial charge in [0.25, 0.3) is 0 Å². The summed E-state index contributed by atoms with van der Waals surface area (Å²) in [6.07, 6.45) is 2.92. The molecule has 0 saturated heterocycles. The van der Waals surface area contributed by atoms with Crippen LogP contribution in [-0.4, -0.2) is 14.2 Å². The molecule has 2 aromatic rings. The van der Waals surface area contributed by atoms with E-state index in [1.807, 2.05) is 24.3 Å². The maximum absolute atomic E-state index is 12.5. The van der Waals surface area contributed by atoms with Gasteiger partial charge in [0, 0.05) is 0 Å². The fraction of sp³-hybridized carbons (Fsp3) is 0.300. The zero-order valence-electron chi connectivity index (χ0n) is 13.6. The summed E-state index contributed by atoms with van der Waals surface area (Å²) in [4.78, 5) is 0.419. The number of allylic oxidation sites excluding steroid dienone is 2. The Kier molecular flexibility index (Phi) is 4.15.